The Balaban J connectivity index is 1.98. The third kappa shape index (κ3) is 2.99. The van der Waals surface area contributed by atoms with Gasteiger partial charge in [-0.2, -0.15) is 0 Å². The number of hydrogen-bond donors (Lipinski definition) is 0. The molecule has 20 heavy (non-hydrogen) atoms. The van der Waals surface area contributed by atoms with Crippen molar-refractivity contribution in [2.24, 2.45) is 11.8 Å². The minimum Gasteiger partial charge on any atom is -0.251 e. The Bertz CT molecular complexity index is 396. The summed E-state index contributed by atoms with van der Waals surface area (Å²) in [5.74, 6) is -2.33. The molecule has 2 aliphatic carbocycles. The predicted molar refractivity (Wildman–Crippen MR) is 72.0 cm³/mol. The third-order valence-corrected chi connectivity index (χ3v) is 4.31. The fourth-order valence-corrected chi connectivity index (χ4v) is 3.13. The number of alkyl halides is 2. The van der Waals surface area contributed by atoms with Crippen LogP contribution in [0.2, 0.25) is 0 Å². The van der Waals surface area contributed by atoms with E-state index in [1.165, 1.54) is 0 Å². The van der Waals surface area contributed by atoms with Crippen LogP contribution < -0.4 is 0 Å². The van der Waals surface area contributed by atoms with Gasteiger partial charge in [0.25, 0.3) is 0 Å². The van der Waals surface area contributed by atoms with Crippen molar-refractivity contribution in [1.29, 1.82) is 0 Å². The fraction of sp³-hybridized carbons (Fsp3) is 0.625. The molecule has 0 heterocycles. The second kappa shape index (κ2) is 6.59. The first-order chi connectivity index (χ1) is 9.59. The molecule has 4 heteroatoms. The maximum Gasteiger partial charge on any atom is 0.214 e. The van der Waals surface area contributed by atoms with Crippen LogP contribution in [0.15, 0.2) is 36.0 Å². The molecule has 0 aromatic heterocycles. The molecule has 112 valence electrons. The molecule has 0 aromatic rings. The molecule has 0 aliphatic heterocycles. The molecule has 1 saturated carbocycles. The van der Waals surface area contributed by atoms with Crippen LogP contribution in [-0.4, -0.2) is 12.3 Å². The van der Waals surface area contributed by atoms with Crippen molar-refractivity contribution < 1.29 is 17.6 Å². The molecule has 0 bridgehead atoms. The Morgan fingerprint density at radius 3 is 2.25 bits per heavy atom. The van der Waals surface area contributed by atoms with E-state index in [1.54, 1.807) is 6.08 Å². The van der Waals surface area contributed by atoms with E-state index >= 15 is 0 Å². The lowest BCUT2D eigenvalue weighted by molar-refractivity contribution is 0.0720. The van der Waals surface area contributed by atoms with Crippen LogP contribution in [0.25, 0.3) is 0 Å². The summed E-state index contributed by atoms with van der Waals surface area (Å²) in [7, 11) is 0. The van der Waals surface area contributed by atoms with E-state index in [0.29, 0.717) is 32.1 Å². The smallest absolute Gasteiger partial charge is 0.214 e. The van der Waals surface area contributed by atoms with Gasteiger partial charge in [-0.1, -0.05) is 12.2 Å². The number of rotatable bonds is 4. The van der Waals surface area contributed by atoms with Crippen molar-refractivity contribution in [1.82, 2.24) is 0 Å². The maximum absolute atomic E-state index is 14.7. The van der Waals surface area contributed by atoms with Gasteiger partial charge in [-0.3, -0.25) is 4.39 Å². The normalized spacial score (nSPS) is 30.2. The second-order valence-electron chi connectivity index (χ2n) is 5.57. The van der Waals surface area contributed by atoms with Crippen molar-refractivity contribution in [2.45, 2.75) is 44.2 Å². The Labute approximate surface area is 117 Å². The highest BCUT2D eigenvalue weighted by molar-refractivity contribution is 5.31. The molecular weight excluding hydrogens is 268 g/mol. The summed E-state index contributed by atoms with van der Waals surface area (Å²) in [5, 5.41) is 0. The van der Waals surface area contributed by atoms with E-state index in [0.717, 1.165) is 12.2 Å². The summed E-state index contributed by atoms with van der Waals surface area (Å²) < 4.78 is 54.2. The molecule has 0 atom stereocenters. The van der Waals surface area contributed by atoms with E-state index in [2.05, 4.69) is 0 Å². The van der Waals surface area contributed by atoms with Crippen LogP contribution in [0.1, 0.15) is 38.5 Å². The first-order valence-electron chi connectivity index (χ1n) is 7.22. The van der Waals surface area contributed by atoms with Crippen LogP contribution in [0, 0.1) is 11.8 Å². The Hall–Kier alpha value is -1.06. The van der Waals surface area contributed by atoms with Gasteiger partial charge in [0, 0.05) is 5.92 Å². The van der Waals surface area contributed by atoms with E-state index < -0.39 is 23.2 Å². The van der Waals surface area contributed by atoms with Gasteiger partial charge in [0.2, 0.25) is 5.67 Å². The zero-order valence-electron chi connectivity index (χ0n) is 11.4. The summed E-state index contributed by atoms with van der Waals surface area (Å²) >= 11 is 0. The van der Waals surface area contributed by atoms with Gasteiger partial charge in [-0.15, -0.1) is 0 Å². The van der Waals surface area contributed by atoms with Crippen molar-refractivity contribution in [3.05, 3.63) is 36.0 Å². The monoisotopic (exact) mass is 288 g/mol. The van der Waals surface area contributed by atoms with Gasteiger partial charge in [0.1, 0.15) is 11.7 Å². The lowest BCUT2D eigenvalue weighted by atomic mass is 9.72. The minimum atomic E-state index is -2.55. The zero-order valence-corrected chi connectivity index (χ0v) is 11.4. The van der Waals surface area contributed by atoms with Gasteiger partial charge in [0.05, 0.1) is 6.67 Å². The first-order valence-corrected chi connectivity index (χ1v) is 7.22. The predicted octanol–water partition coefficient (Wildman–Crippen LogP) is 5.53. The van der Waals surface area contributed by atoms with Gasteiger partial charge in [0.15, 0.2) is 0 Å². The summed E-state index contributed by atoms with van der Waals surface area (Å²) in [5.41, 5.74) is -2.55. The molecule has 1 fully saturated rings. The Morgan fingerprint density at radius 1 is 1.10 bits per heavy atom. The lowest BCUT2D eigenvalue weighted by Gasteiger charge is -2.37. The number of hydrogen-bond acceptors (Lipinski definition) is 0. The van der Waals surface area contributed by atoms with Gasteiger partial charge in [-0.05, 0) is 56.6 Å². The summed E-state index contributed by atoms with van der Waals surface area (Å²) in [6, 6.07) is 0. The molecular formula is C16H20F4. The first kappa shape index (κ1) is 15.3. The highest BCUT2D eigenvalue weighted by atomic mass is 19.2. The molecule has 0 aromatic carbocycles. The Kier molecular flexibility index (Phi) is 5.06. The topological polar surface area (TPSA) is 0 Å². The molecule has 0 N–H and O–H groups in total. The number of allylic oxidation sites excluding steroid dienone is 6. The zero-order chi connectivity index (χ0) is 14.6. The summed E-state index contributed by atoms with van der Waals surface area (Å²) in [6.45, 7) is -0.383. The largest absolute Gasteiger partial charge is 0.251 e. The average molecular weight is 288 g/mol. The van der Waals surface area contributed by atoms with Crippen LogP contribution in [0.4, 0.5) is 17.6 Å². The molecule has 2 aliphatic rings. The SMILES string of the molecule is FCC/C=C/[C@H]1CC[C@H](C2(F)C(F)=CCC=C2F)CC1. The van der Waals surface area contributed by atoms with Gasteiger partial charge in [-0.25, -0.2) is 13.2 Å². The van der Waals surface area contributed by atoms with Crippen LogP contribution in [0.5, 0.6) is 0 Å². The van der Waals surface area contributed by atoms with E-state index in [4.69, 9.17) is 0 Å². The van der Waals surface area contributed by atoms with Crippen LogP contribution >= 0.6 is 0 Å². The van der Waals surface area contributed by atoms with Crippen molar-refractivity contribution in [2.75, 3.05) is 6.67 Å². The molecule has 0 spiro atoms. The summed E-state index contributed by atoms with van der Waals surface area (Å²) in [4.78, 5) is 0. The molecule has 0 unspecified atom stereocenters. The lowest BCUT2D eigenvalue weighted by Crippen LogP contribution is -2.38. The fourth-order valence-electron chi connectivity index (χ4n) is 3.13. The van der Waals surface area contributed by atoms with Crippen molar-refractivity contribution >= 4 is 0 Å². The molecule has 2 rings (SSSR count). The second-order valence-corrected chi connectivity index (χ2v) is 5.57. The highest BCUT2D eigenvalue weighted by Crippen LogP contribution is 2.48. The number of halogens is 4. The van der Waals surface area contributed by atoms with E-state index in [9.17, 15) is 17.6 Å². The molecule has 0 amide bonds. The van der Waals surface area contributed by atoms with Gasteiger partial charge >= 0.3 is 0 Å². The highest BCUT2D eigenvalue weighted by Gasteiger charge is 2.49. The molecule has 0 radical (unpaired) electrons. The van der Waals surface area contributed by atoms with Crippen LogP contribution in [0.3, 0.4) is 0 Å². The third-order valence-electron chi connectivity index (χ3n) is 4.31. The molecule has 0 nitrogen and oxygen atoms in total. The van der Waals surface area contributed by atoms with Crippen LogP contribution in [-0.2, 0) is 0 Å². The van der Waals surface area contributed by atoms with E-state index in [1.807, 2.05) is 6.08 Å². The van der Waals surface area contributed by atoms with Gasteiger partial charge < -0.3 is 0 Å². The van der Waals surface area contributed by atoms with Crippen molar-refractivity contribution in [3.8, 4) is 0 Å². The van der Waals surface area contributed by atoms with Crippen molar-refractivity contribution in [3.63, 3.8) is 0 Å². The average Bonchev–Trinajstić information content (AvgIpc) is 2.46. The quantitative estimate of drug-likeness (QED) is 0.471. The standard InChI is InChI=1S/C16H20F4/c17-11-2-1-4-12-7-9-13(10-8-12)16(20)14(18)5-3-6-15(16)19/h1,4-6,12-13H,2-3,7-11H2/b4-1+/t12-,13-. The minimum absolute atomic E-state index is 0.116. The van der Waals surface area contributed by atoms with E-state index in [-0.39, 0.29) is 19.0 Å². The Morgan fingerprint density at radius 2 is 1.70 bits per heavy atom. The maximum atomic E-state index is 14.7. The molecule has 0 saturated heterocycles. The summed E-state index contributed by atoms with van der Waals surface area (Å²) in [6.07, 6.45) is 8.77.